The number of benzene rings is 2. The summed E-state index contributed by atoms with van der Waals surface area (Å²) in [6.07, 6.45) is -4.63. The summed E-state index contributed by atoms with van der Waals surface area (Å²) < 4.78 is 38.3. The third-order valence-electron chi connectivity index (χ3n) is 2.72. The normalized spacial score (nSPS) is 11.4. The van der Waals surface area contributed by atoms with E-state index in [1.165, 1.54) is 18.2 Å². The van der Waals surface area contributed by atoms with Crippen LogP contribution in [0.2, 0.25) is 15.1 Å². The Morgan fingerprint density at radius 3 is 2.09 bits per heavy atom. The Kier molecular flexibility index (Phi) is 4.90. The van der Waals surface area contributed by atoms with Crippen molar-refractivity contribution in [3.63, 3.8) is 0 Å². The van der Waals surface area contributed by atoms with Crippen molar-refractivity contribution in [2.24, 2.45) is 0 Å². The van der Waals surface area contributed by atoms with Crippen LogP contribution in [-0.4, -0.2) is 5.91 Å². The van der Waals surface area contributed by atoms with Crippen molar-refractivity contribution in [3.05, 3.63) is 62.6 Å². The predicted octanol–water partition coefficient (Wildman–Crippen LogP) is 5.92. The third kappa shape index (κ3) is 3.66. The minimum atomic E-state index is -4.63. The highest BCUT2D eigenvalue weighted by atomic mass is 35.5. The van der Waals surface area contributed by atoms with Crippen LogP contribution in [0.1, 0.15) is 15.9 Å². The summed E-state index contributed by atoms with van der Waals surface area (Å²) in [6, 6.07) is 7.49. The number of carbonyl (C=O) groups excluding carboxylic acids is 1. The van der Waals surface area contributed by atoms with E-state index in [0.29, 0.717) is 0 Å². The second-order valence-corrected chi connectivity index (χ2v) is 5.46. The molecule has 0 fully saturated rings. The Bertz CT molecular complexity index is 712. The van der Waals surface area contributed by atoms with Crippen LogP contribution in [0.25, 0.3) is 0 Å². The first-order valence-corrected chi connectivity index (χ1v) is 6.95. The smallest absolute Gasteiger partial charge is 0.322 e. The lowest BCUT2D eigenvalue weighted by Crippen LogP contribution is -2.14. The molecule has 0 aliphatic rings. The van der Waals surface area contributed by atoms with Crippen LogP contribution in [-0.2, 0) is 6.18 Å². The van der Waals surface area contributed by atoms with E-state index < -0.39 is 22.7 Å². The van der Waals surface area contributed by atoms with Crippen LogP contribution in [0.5, 0.6) is 0 Å². The molecule has 0 aliphatic carbocycles. The quantitative estimate of drug-likeness (QED) is 0.700. The molecule has 0 radical (unpaired) electrons. The molecule has 2 aromatic rings. The maximum absolute atomic E-state index is 12.8. The molecule has 1 amide bonds. The van der Waals surface area contributed by atoms with Crippen LogP contribution >= 0.6 is 34.8 Å². The number of alkyl halides is 3. The van der Waals surface area contributed by atoms with Gasteiger partial charge in [-0.05, 0) is 30.3 Å². The Hall–Kier alpha value is -1.43. The third-order valence-corrected chi connectivity index (χ3v) is 3.68. The fraction of sp³-hybridized carbons (Fsp3) is 0.0714. The molecule has 0 aliphatic heterocycles. The molecule has 0 heterocycles. The first-order valence-electron chi connectivity index (χ1n) is 5.82. The lowest BCUT2D eigenvalue weighted by atomic mass is 10.1. The van der Waals surface area contributed by atoms with Crippen LogP contribution < -0.4 is 5.32 Å². The lowest BCUT2D eigenvalue weighted by molar-refractivity contribution is -0.137. The van der Waals surface area contributed by atoms with E-state index in [4.69, 9.17) is 34.8 Å². The number of anilines is 1. The number of hydrogen-bond acceptors (Lipinski definition) is 1. The molecule has 8 heteroatoms. The summed E-state index contributed by atoms with van der Waals surface area (Å²) in [6.45, 7) is 0. The highest BCUT2D eigenvalue weighted by molar-refractivity contribution is 6.40. The van der Waals surface area contributed by atoms with E-state index in [9.17, 15) is 18.0 Å². The molecule has 2 rings (SSSR count). The highest BCUT2D eigenvalue weighted by Gasteiger charge is 2.33. The standard InChI is InChI=1S/C14H7Cl3F3NO/c15-9-5-4-7(6-8(9)14(18,19)20)21-13(22)12-10(16)2-1-3-11(12)17/h1-6H,(H,21,22). The van der Waals surface area contributed by atoms with Crippen LogP contribution in [0.3, 0.4) is 0 Å². The molecule has 0 bridgehead atoms. The largest absolute Gasteiger partial charge is 0.417 e. The number of nitrogens with one attached hydrogen (secondary N) is 1. The second-order valence-electron chi connectivity index (χ2n) is 4.24. The topological polar surface area (TPSA) is 29.1 Å². The second kappa shape index (κ2) is 6.36. The number of rotatable bonds is 2. The Morgan fingerprint density at radius 1 is 0.955 bits per heavy atom. The van der Waals surface area contributed by atoms with Gasteiger partial charge in [0.15, 0.2) is 0 Å². The van der Waals surface area contributed by atoms with Gasteiger partial charge in [0.2, 0.25) is 0 Å². The van der Waals surface area contributed by atoms with Crippen molar-refractivity contribution in [1.29, 1.82) is 0 Å². The molecule has 0 aromatic heterocycles. The first kappa shape index (κ1) is 16.9. The minimum absolute atomic E-state index is 0.0191. The Morgan fingerprint density at radius 2 is 1.55 bits per heavy atom. The number of amides is 1. The zero-order chi connectivity index (χ0) is 16.5. The molecule has 116 valence electrons. The van der Waals surface area contributed by atoms with E-state index in [1.807, 2.05) is 0 Å². The SMILES string of the molecule is O=C(Nc1ccc(Cl)c(C(F)(F)F)c1)c1c(Cl)cccc1Cl. The molecule has 0 spiro atoms. The van der Waals surface area contributed by atoms with Gasteiger partial charge in [-0.25, -0.2) is 0 Å². The minimum Gasteiger partial charge on any atom is -0.322 e. The average Bonchev–Trinajstić information content (AvgIpc) is 2.39. The average molecular weight is 369 g/mol. The molecular formula is C14H7Cl3F3NO. The van der Waals surface area contributed by atoms with Gasteiger partial charge in [-0.15, -0.1) is 0 Å². The van der Waals surface area contributed by atoms with E-state index in [2.05, 4.69) is 5.32 Å². The maximum Gasteiger partial charge on any atom is 0.417 e. The lowest BCUT2D eigenvalue weighted by Gasteiger charge is -2.12. The predicted molar refractivity (Wildman–Crippen MR) is 80.9 cm³/mol. The molecule has 2 nitrogen and oxygen atoms in total. The highest BCUT2D eigenvalue weighted by Crippen LogP contribution is 2.36. The van der Waals surface area contributed by atoms with Crippen molar-refractivity contribution >= 4 is 46.4 Å². The number of hydrogen-bond donors (Lipinski definition) is 1. The van der Waals surface area contributed by atoms with E-state index in [-0.39, 0.29) is 21.3 Å². The van der Waals surface area contributed by atoms with Gasteiger partial charge in [0.05, 0.1) is 26.2 Å². The van der Waals surface area contributed by atoms with E-state index in [1.54, 1.807) is 6.07 Å². The van der Waals surface area contributed by atoms with Crippen molar-refractivity contribution in [1.82, 2.24) is 0 Å². The number of halogens is 6. The van der Waals surface area contributed by atoms with Gasteiger partial charge in [-0.3, -0.25) is 4.79 Å². The Labute approximate surface area is 138 Å². The molecule has 0 saturated heterocycles. The van der Waals surface area contributed by atoms with Crippen molar-refractivity contribution < 1.29 is 18.0 Å². The number of carbonyl (C=O) groups is 1. The molecule has 0 atom stereocenters. The van der Waals surface area contributed by atoms with Crippen LogP contribution in [0.15, 0.2) is 36.4 Å². The fourth-order valence-corrected chi connectivity index (χ4v) is 2.52. The zero-order valence-corrected chi connectivity index (χ0v) is 12.9. The Balaban J connectivity index is 2.34. The van der Waals surface area contributed by atoms with Crippen LogP contribution in [0, 0.1) is 0 Å². The van der Waals surface area contributed by atoms with Gasteiger partial charge in [0, 0.05) is 5.69 Å². The van der Waals surface area contributed by atoms with Crippen molar-refractivity contribution in [3.8, 4) is 0 Å². The van der Waals surface area contributed by atoms with Crippen LogP contribution in [0.4, 0.5) is 18.9 Å². The summed E-state index contributed by atoms with van der Waals surface area (Å²) in [5, 5.41) is 2.04. The maximum atomic E-state index is 12.8. The summed E-state index contributed by atoms with van der Waals surface area (Å²) in [5.74, 6) is -0.717. The fourth-order valence-electron chi connectivity index (χ4n) is 1.73. The van der Waals surface area contributed by atoms with Crippen molar-refractivity contribution in [2.75, 3.05) is 5.32 Å². The summed E-state index contributed by atoms with van der Waals surface area (Å²) >= 11 is 17.3. The summed E-state index contributed by atoms with van der Waals surface area (Å²) in [5.41, 5.74) is -1.13. The van der Waals surface area contributed by atoms with Gasteiger partial charge in [0.25, 0.3) is 5.91 Å². The summed E-state index contributed by atoms with van der Waals surface area (Å²) in [4.78, 5) is 12.1. The van der Waals surface area contributed by atoms with Crippen molar-refractivity contribution in [2.45, 2.75) is 6.18 Å². The van der Waals surface area contributed by atoms with E-state index in [0.717, 1.165) is 12.1 Å². The van der Waals surface area contributed by atoms with E-state index >= 15 is 0 Å². The molecule has 1 N–H and O–H groups in total. The van der Waals surface area contributed by atoms with Gasteiger partial charge in [0.1, 0.15) is 0 Å². The summed E-state index contributed by atoms with van der Waals surface area (Å²) in [7, 11) is 0. The van der Waals surface area contributed by atoms with Gasteiger partial charge < -0.3 is 5.32 Å². The van der Waals surface area contributed by atoms with Gasteiger partial charge in [-0.2, -0.15) is 13.2 Å². The molecule has 0 unspecified atom stereocenters. The van der Waals surface area contributed by atoms with Gasteiger partial charge in [-0.1, -0.05) is 40.9 Å². The first-order chi connectivity index (χ1) is 10.2. The molecule has 22 heavy (non-hydrogen) atoms. The molecule has 0 saturated carbocycles. The monoisotopic (exact) mass is 367 g/mol. The molecular weight excluding hydrogens is 362 g/mol. The molecule has 2 aromatic carbocycles. The van der Waals surface area contributed by atoms with Gasteiger partial charge >= 0.3 is 6.18 Å². The zero-order valence-electron chi connectivity index (χ0n) is 10.6.